The third kappa shape index (κ3) is 2.89. The lowest BCUT2D eigenvalue weighted by Crippen LogP contribution is -2.07. The van der Waals surface area contributed by atoms with Crippen molar-refractivity contribution in [3.05, 3.63) is 45.5 Å². The highest BCUT2D eigenvalue weighted by atomic mass is 35.5. The Labute approximate surface area is 115 Å². The van der Waals surface area contributed by atoms with Gasteiger partial charge in [0.25, 0.3) is 0 Å². The minimum Gasteiger partial charge on any atom is -0.368 e. The van der Waals surface area contributed by atoms with E-state index < -0.39 is 0 Å². The predicted octanol–water partition coefficient (Wildman–Crippen LogP) is 2.91. The van der Waals surface area contributed by atoms with Crippen molar-refractivity contribution in [2.24, 2.45) is 0 Å². The molecule has 0 unspecified atom stereocenters. The SMILES string of the molecule is CCc1nc(N)nc(Cc2c(Cl)cccc2Cl)n1. The Hall–Kier alpha value is -1.39. The van der Waals surface area contributed by atoms with E-state index in [1.807, 2.05) is 6.92 Å². The Balaban J connectivity index is 2.37. The van der Waals surface area contributed by atoms with Crippen LogP contribution in [0.5, 0.6) is 0 Å². The van der Waals surface area contributed by atoms with Crippen LogP contribution in [0.3, 0.4) is 0 Å². The molecule has 0 saturated carbocycles. The topological polar surface area (TPSA) is 64.7 Å². The van der Waals surface area contributed by atoms with Crippen LogP contribution in [0.1, 0.15) is 24.1 Å². The lowest BCUT2D eigenvalue weighted by molar-refractivity contribution is 0.846. The van der Waals surface area contributed by atoms with Crippen LogP contribution in [0.2, 0.25) is 10.0 Å². The van der Waals surface area contributed by atoms with Gasteiger partial charge in [-0.1, -0.05) is 36.2 Å². The van der Waals surface area contributed by atoms with Crippen LogP contribution in [0.15, 0.2) is 18.2 Å². The van der Waals surface area contributed by atoms with Crippen molar-refractivity contribution in [3.63, 3.8) is 0 Å². The van der Waals surface area contributed by atoms with Gasteiger partial charge in [0.1, 0.15) is 11.6 Å². The molecule has 0 amide bonds. The van der Waals surface area contributed by atoms with E-state index in [9.17, 15) is 0 Å². The molecule has 0 atom stereocenters. The predicted molar refractivity (Wildman–Crippen MR) is 72.9 cm³/mol. The summed E-state index contributed by atoms with van der Waals surface area (Å²) < 4.78 is 0. The van der Waals surface area contributed by atoms with E-state index in [0.29, 0.717) is 34.5 Å². The van der Waals surface area contributed by atoms with E-state index in [1.165, 1.54) is 0 Å². The van der Waals surface area contributed by atoms with Crippen molar-refractivity contribution < 1.29 is 0 Å². The summed E-state index contributed by atoms with van der Waals surface area (Å²) in [4.78, 5) is 12.4. The zero-order chi connectivity index (χ0) is 13.1. The maximum atomic E-state index is 6.11. The quantitative estimate of drug-likeness (QED) is 0.940. The van der Waals surface area contributed by atoms with Gasteiger partial charge >= 0.3 is 0 Å². The van der Waals surface area contributed by atoms with Gasteiger partial charge in [-0.3, -0.25) is 0 Å². The van der Waals surface area contributed by atoms with Gasteiger partial charge in [0.05, 0.1) is 0 Å². The fraction of sp³-hybridized carbons (Fsp3) is 0.250. The Morgan fingerprint density at radius 3 is 2.28 bits per heavy atom. The first kappa shape index (κ1) is 13.1. The van der Waals surface area contributed by atoms with Gasteiger partial charge in [-0.05, 0) is 17.7 Å². The highest BCUT2D eigenvalue weighted by Crippen LogP contribution is 2.26. The number of nitrogens with zero attached hydrogens (tertiary/aromatic N) is 3. The lowest BCUT2D eigenvalue weighted by atomic mass is 10.1. The van der Waals surface area contributed by atoms with Crippen LogP contribution in [-0.4, -0.2) is 15.0 Å². The first-order valence-corrected chi connectivity index (χ1v) is 6.28. The van der Waals surface area contributed by atoms with Crippen LogP contribution in [0.25, 0.3) is 0 Å². The zero-order valence-electron chi connectivity index (χ0n) is 9.82. The normalized spacial score (nSPS) is 10.6. The molecule has 94 valence electrons. The Morgan fingerprint density at radius 1 is 1.06 bits per heavy atom. The highest BCUT2D eigenvalue weighted by Gasteiger charge is 2.10. The molecule has 0 radical (unpaired) electrons. The molecule has 2 N–H and O–H groups in total. The molecule has 0 saturated heterocycles. The smallest absolute Gasteiger partial charge is 0.223 e. The van der Waals surface area contributed by atoms with Crippen molar-refractivity contribution in [1.29, 1.82) is 0 Å². The summed E-state index contributed by atoms with van der Waals surface area (Å²) in [5, 5.41) is 1.19. The molecule has 1 aromatic heterocycles. The zero-order valence-corrected chi connectivity index (χ0v) is 11.3. The van der Waals surface area contributed by atoms with Crippen molar-refractivity contribution in [1.82, 2.24) is 15.0 Å². The largest absolute Gasteiger partial charge is 0.368 e. The number of nitrogen functional groups attached to an aromatic ring is 1. The van der Waals surface area contributed by atoms with Crippen LogP contribution >= 0.6 is 23.2 Å². The summed E-state index contributed by atoms with van der Waals surface area (Å²) in [6, 6.07) is 5.37. The van der Waals surface area contributed by atoms with E-state index >= 15 is 0 Å². The van der Waals surface area contributed by atoms with Gasteiger partial charge in [-0.15, -0.1) is 0 Å². The fourth-order valence-electron chi connectivity index (χ4n) is 1.58. The number of benzene rings is 1. The monoisotopic (exact) mass is 282 g/mol. The standard InChI is InChI=1S/C12H12Cl2N4/c1-2-10-16-11(18-12(15)17-10)6-7-8(13)4-3-5-9(7)14/h3-5H,2,6H2,1H3,(H2,15,16,17,18). The summed E-state index contributed by atoms with van der Waals surface area (Å²) in [6.45, 7) is 1.96. The van der Waals surface area contributed by atoms with E-state index in [1.54, 1.807) is 18.2 Å². The molecule has 0 aliphatic carbocycles. The minimum atomic E-state index is 0.222. The summed E-state index contributed by atoms with van der Waals surface area (Å²) in [6.07, 6.45) is 1.15. The van der Waals surface area contributed by atoms with Crippen molar-refractivity contribution in [2.45, 2.75) is 19.8 Å². The van der Waals surface area contributed by atoms with E-state index in [2.05, 4.69) is 15.0 Å². The summed E-state index contributed by atoms with van der Waals surface area (Å²) in [5.41, 5.74) is 6.44. The van der Waals surface area contributed by atoms with Gasteiger partial charge in [0, 0.05) is 22.9 Å². The van der Waals surface area contributed by atoms with E-state index in [0.717, 1.165) is 5.56 Å². The van der Waals surface area contributed by atoms with E-state index in [-0.39, 0.29) is 5.95 Å². The first-order valence-electron chi connectivity index (χ1n) is 5.52. The second-order valence-corrected chi connectivity index (χ2v) is 4.57. The molecular formula is C12H12Cl2N4. The van der Waals surface area contributed by atoms with Crippen LogP contribution in [-0.2, 0) is 12.8 Å². The highest BCUT2D eigenvalue weighted by molar-refractivity contribution is 6.36. The third-order valence-electron chi connectivity index (χ3n) is 2.46. The number of hydrogen-bond donors (Lipinski definition) is 1. The molecule has 4 nitrogen and oxygen atoms in total. The molecule has 0 fully saturated rings. The average Bonchev–Trinajstić information content (AvgIpc) is 2.33. The number of nitrogens with two attached hydrogens (primary N) is 1. The number of halogens is 2. The number of aryl methyl sites for hydroxylation is 1. The molecule has 6 heteroatoms. The van der Waals surface area contributed by atoms with Crippen molar-refractivity contribution in [3.8, 4) is 0 Å². The Bertz CT molecular complexity index is 552. The van der Waals surface area contributed by atoms with Crippen molar-refractivity contribution >= 4 is 29.2 Å². The number of aromatic nitrogens is 3. The molecule has 0 aliphatic rings. The Kier molecular flexibility index (Phi) is 3.99. The molecule has 1 heterocycles. The van der Waals surface area contributed by atoms with Crippen LogP contribution < -0.4 is 5.73 Å². The van der Waals surface area contributed by atoms with Gasteiger partial charge in [-0.2, -0.15) is 9.97 Å². The maximum absolute atomic E-state index is 6.11. The summed E-state index contributed by atoms with van der Waals surface area (Å²) in [5.74, 6) is 1.47. The molecule has 0 aliphatic heterocycles. The molecule has 2 rings (SSSR count). The van der Waals surface area contributed by atoms with Crippen molar-refractivity contribution in [2.75, 3.05) is 5.73 Å². The minimum absolute atomic E-state index is 0.222. The Morgan fingerprint density at radius 2 is 1.67 bits per heavy atom. The fourth-order valence-corrected chi connectivity index (χ4v) is 2.12. The third-order valence-corrected chi connectivity index (χ3v) is 3.17. The first-order chi connectivity index (χ1) is 8.60. The molecule has 0 bridgehead atoms. The van der Waals surface area contributed by atoms with Gasteiger partial charge in [0.2, 0.25) is 5.95 Å². The van der Waals surface area contributed by atoms with Crippen LogP contribution in [0, 0.1) is 0 Å². The number of hydrogen-bond acceptors (Lipinski definition) is 4. The average molecular weight is 283 g/mol. The van der Waals surface area contributed by atoms with E-state index in [4.69, 9.17) is 28.9 Å². The second kappa shape index (κ2) is 5.50. The molecular weight excluding hydrogens is 271 g/mol. The molecule has 18 heavy (non-hydrogen) atoms. The molecule has 0 spiro atoms. The summed E-state index contributed by atoms with van der Waals surface area (Å²) >= 11 is 12.2. The molecule has 1 aromatic carbocycles. The maximum Gasteiger partial charge on any atom is 0.223 e. The number of anilines is 1. The van der Waals surface area contributed by atoms with Crippen LogP contribution in [0.4, 0.5) is 5.95 Å². The van der Waals surface area contributed by atoms with Gasteiger partial charge < -0.3 is 5.73 Å². The lowest BCUT2D eigenvalue weighted by Gasteiger charge is -2.07. The van der Waals surface area contributed by atoms with Gasteiger partial charge in [0.15, 0.2) is 0 Å². The molecule has 2 aromatic rings. The van der Waals surface area contributed by atoms with Gasteiger partial charge in [-0.25, -0.2) is 4.98 Å². The number of rotatable bonds is 3. The summed E-state index contributed by atoms with van der Waals surface area (Å²) in [7, 11) is 0. The second-order valence-electron chi connectivity index (χ2n) is 3.76.